The minimum absolute atomic E-state index is 0.00259. The van der Waals surface area contributed by atoms with Crippen LogP contribution in [0.1, 0.15) is 29.9 Å². The third kappa shape index (κ3) is 8.05. The van der Waals surface area contributed by atoms with Gasteiger partial charge in [-0.15, -0.1) is 0 Å². The average molecular weight is 526 g/mol. The van der Waals surface area contributed by atoms with Crippen LogP contribution in [0.15, 0.2) is 72.8 Å². The van der Waals surface area contributed by atoms with Crippen molar-refractivity contribution >= 4 is 5.69 Å². The Morgan fingerprint density at radius 1 is 0.842 bits per heavy atom. The molecule has 7 nitrogen and oxygen atoms in total. The summed E-state index contributed by atoms with van der Waals surface area (Å²) in [6.07, 6.45) is 1.16. The molecule has 1 aliphatic rings. The molecule has 9 heteroatoms. The smallest absolute Gasteiger partial charge is 0.269 e. The first-order valence-corrected chi connectivity index (χ1v) is 12.9. The summed E-state index contributed by atoms with van der Waals surface area (Å²) in [5, 5.41) is 21.1. The van der Waals surface area contributed by atoms with Gasteiger partial charge < -0.3 is 14.7 Å². The van der Waals surface area contributed by atoms with Crippen LogP contribution in [-0.2, 0) is 0 Å². The van der Waals surface area contributed by atoms with Crippen molar-refractivity contribution in [3.8, 4) is 5.75 Å². The summed E-state index contributed by atoms with van der Waals surface area (Å²) in [4.78, 5) is 14.9. The number of rotatable bonds is 12. The molecule has 0 aliphatic carbocycles. The van der Waals surface area contributed by atoms with E-state index in [1.807, 2.05) is 0 Å². The molecule has 202 valence electrons. The van der Waals surface area contributed by atoms with Gasteiger partial charge in [-0.3, -0.25) is 15.0 Å². The van der Waals surface area contributed by atoms with E-state index >= 15 is 0 Å². The second kappa shape index (κ2) is 13.4. The van der Waals surface area contributed by atoms with Crippen molar-refractivity contribution in [2.24, 2.45) is 0 Å². The summed E-state index contributed by atoms with van der Waals surface area (Å²) >= 11 is 0. The second-order valence-corrected chi connectivity index (χ2v) is 9.66. The summed E-state index contributed by atoms with van der Waals surface area (Å²) < 4.78 is 32.5. The molecule has 38 heavy (non-hydrogen) atoms. The number of hydrogen-bond acceptors (Lipinski definition) is 6. The van der Waals surface area contributed by atoms with Gasteiger partial charge in [0, 0.05) is 50.8 Å². The van der Waals surface area contributed by atoms with Crippen molar-refractivity contribution in [1.29, 1.82) is 0 Å². The number of benzene rings is 3. The number of halogens is 2. The molecular weight excluding hydrogens is 492 g/mol. The van der Waals surface area contributed by atoms with Crippen LogP contribution in [-0.4, -0.2) is 71.8 Å². The standard InChI is InChI=1S/C29H33F2N3O4/c30-24-7-3-22(4-8-24)29(23-5-9-25(31)10-6-23)2-1-15-32-16-18-33(19-17-32)20-27(35)21-38-28-13-11-26(12-14-28)34(36)37/h3-14,27,29,35H,1-2,15-21H2. The number of hydrogen-bond donors (Lipinski definition) is 1. The van der Waals surface area contributed by atoms with E-state index in [0.29, 0.717) is 12.3 Å². The van der Waals surface area contributed by atoms with E-state index < -0.39 is 11.0 Å². The molecular formula is C29H33F2N3O4. The molecule has 0 saturated carbocycles. The predicted octanol–water partition coefficient (Wildman–Crippen LogP) is 4.84. The van der Waals surface area contributed by atoms with Crippen LogP contribution >= 0.6 is 0 Å². The van der Waals surface area contributed by atoms with Crippen LogP contribution in [0, 0.1) is 21.7 Å². The van der Waals surface area contributed by atoms with E-state index in [-0.39, 0.29) is 29.8 Å². The summed E-state index contributed by atoms with van der Waals surface area (Å²) in [6, 6.07) is 18.9. The SMILES string of the molecule is O=[N+]([O-])c1ccc(OCC(O)CN2CCN(CCCC(c3ccc(F)cc3)c3ccc(F)cc3)CC2)cc1. The number of nitro benzene ring substituents is 1. The lowest BCUT2D eigenvalue weighted by atomic mass is 9.87. The van der Waals surface area contributed by atoms with Gasteiger partial charge in [0.15, 0.2) is 0 Å². The van der Waals surface area contributed by atoms with Crippen molar-refractivity contribution < 1.29 is 23.5 Å². The topological polar surface area (TPSA) is 79.1 Å². The average Bonchev–Trinajstić information content (AvgIpc) is 2.92. The Morgan fingerprint density at radius 3 is 1.89 bits per heavy atom. The van der Waals surface area contributed by atoms with Crippen molar-refractivity contribution in [1.82, 2.24) is 9.80 Å². The number of nitro groups is 1. The Hall–Kier alpha value is -3.40. The van der Waals surface area contributed by atoms with Gasteiger partial charge in [-0.1, -0.05) is 24.3 Å². The van der Waals surface area contributed by atoms with Crippen LogP contribution in [0.5, 0.6) is 5.75 Å². The maximum absolute atomic E-state index is 13.5. The van der Waals surface area contributed by atoms with Crippen LogP contribution in [0.2, 0.25) is 0 Å². The number of nitrogens with zero attached hydrogens (tertiary/aromatic N) is 3. The second-order valence-electron chi connectivity index (χ2n) is 9.66. The first-order valence-electron chi connectivity index (χ1n) is 12.9. The maximum atomic E-state index is 13.5. The Balaban J connectivity index is 1.19. The summed E-state index contributed by atoms with van der Waals surface area (Å²) in [5.74, 6) is 0.0162. The van der Waals surface area contributed by atoms with E-state index in [9.17, 15) is 24.0 Å². The number of aliphatic hydroxyl groups is 1. The number of aliphatic hydroxyl groups excluding tert-OH is 1. The highest BCUT2D eigenvalue weighted by Crippen LogP contribution is 2.30. The molecule has 1 saturated heterocycles. The van der Waals surface area contributed by atoms with Crippen molar-refractivity contribution in [2.45, 2.75) is 24.9 Å². The number of ether oxygens (including phenoxy) is 1. The van der Waals surface area contributed by atoms with E-state index in [1.165, 1.54) is 48.5 Å². The van der Waals surface area contributed by atoms with Crippen LogP contribution in [0.25, 0.3) is 0 Å². The first-order chi connectivity index (χ1) is 18.4. The summed E-state index contributed by atoms with van der Waals surface area (Å²) in [5.41, 5.74) is 2.04. The minimum Gasteiger partial charge on any atom is -0.491 e. The molecule has 0 radical (unpaired) electrons. The molecule has 3 aromatic rings. The molecule has 1 aliphatic heterocycles. The fourth-order valence-corrected chi connectivity index (χ4v) is 4.84. The van der Waals surface area contributed by atoms with Crippen molar-refractivity contribution in [3.63, 3.8) is 0 Å². The third-order valence-corrected chi connectivity index (χ3v) is 6.94. The molecule has 0 amide bonds. The number of non-ortho nitro benzene ring substituents is 1. The lowest BCUT2D eigenvalue weighted by Crippen LogP contribution is -2.49. The molecule has 0 bridgehead atoms. The summed E-state index contributed by atoms with van der Waals surface area (Å²) in [7, 11) is 0. The Kier molecular flexibility index (Phi) is 9.75. The number of β-amino-alcohol motifs (C(OH)–C–C–N with tert-alkyl or cyclic N) is 1. The van der Waals surface area contributed by atoms with Gasteiger partial charge in [0.25, 0.3) is 5.69 Å². The van der Waals surface area contributed by atoms with Gasteiger partial charge in [0.1, 0.15) is 30.1 Å². The highest BCUT2D eigenvalue weighted by molar-refractivity contribution is 5.36. The fraction of sp³-hybridized carbons (Fsp3) is 0.379. The fourth-order valence-electron chi connectivity index (χ4n) is 4.84. The van der Waals surface area contributed by atoms with Crippen LogP contribution in [0.3, 0.4) is 0 Å². The highest BCUT2D eigenvalue weighted by atomic mass is 19.1. The Bertz CT molecular complexity index is 1110. The van der Waals surface area contributed by atoms with Gasteiger partial charge in [0.05, 0.1) is 4.92 Å². The van der Waals surface area contributed by atoms with E-state index in [4.69, 9.17) is 4.74 Å². The largest absolute Gasteiger partial charge is 0.491 e. The first kappa shape index (κ1) is 27.6. The molecule has 1 N–H and O–H groups in total. The van der Waals surface area contributed by atoms with Crippen LogP contribution in [0.4, 0.5) is 14.5 Å². The van der Waals surface area contributed by atoms with Gasteiger partial charge in [-0.25, -0.2) is 8.78 Å². The van der Waals surface area contributed by atoms with E-state index in [2.05, 4.69) is 9.80 Å². The van der Waals surface area contributed by atoms with Crippen LogP contribution < -0.4 is 4.74 Å². The van der Waals surface area contributed by atoms with Gasteiger partial charge in [-0.2, -0.15) is 0 Å². The highest BCUT2D eigenvalue weighted by Gasteiger charge is 2.21. The monoisotopic (exact) mass is 525 g/mol. The molecule has 1 heterocycles. The zero-order valence-corrected chi connectivity index (χ0v) is 21.2. The number of piperazine rings is 1. The minimum atomic E-state index is -0.663. The molecule has 0 aromatic heterocycles. The molecule has 1 atom stereocenters. The molecule has 3 aromatic carbocycles. The Morgan fingerprint density at radius 2 is 1.37 bits per heavy atom. The molecule has 4 rings (SSSR count). The van der Waals surface area contributed by atoms with Gasteiger partial charge in [0.2, 0.25) is 0 Å². The van der Waals surface area contributed by atoms with E-state index in [0.717, 1.165) is 56.7 Å². The predicted molar refractivity (Wildman–Crippen MR) is 141 cm³/mol. The lowest BCUT2D eigenvalue weighted by Gasteiger charge is -2.35. The quantitative estimate of drug-likeness (QED) is 0.269. The maximum Gasteiger partial charge on any atom is 0.269 e. The van der Waals surface area contributed by atoms with E-state index in [1.54, 1.807) is 24.3 Å². The molecule has 0 spiro atoms. The molecule has 1 fully saturated rings. The normalized spacial score (nSPS) is 15.5. The Labute approximate surface area is 221 Å². The van der Waals surface area contributed by atoms with Gasteiger partial charge in [-0.05, 0) is 66.9 Å². The van der Waals surface area contributed by atoms with Crippen molar-refractivity contribution in [2.75, 3.05) is 45.9 Å². The zero-order chi connectivity index (χ0) is 26.9. The van der Waals surface area contributed by atoms with Gasteiger partial charge >= 0.3 is 0 Å². The molecule has 1 unspecified atom stereocenters. The third-order valence-electron chi connectivity index (χ3n) is 6.94. The van der Waals surface area contributed by atoms with Crippen molar-refractivity contribution in [3.05, 3.63) is 106 Å². The zero-order valence-electron chi connectivity index (χ0n) is 21.2. The summed E-state index contributed by atoms with van der Waals surface area (Å²) in [6.45, 7) is 5.02. The lowest BCUT2D eigenvalue weighted by molar-refractivity contribution is -0.384.